The molecule has 9 aromatic rings. The highest BCUT2D eigenvalue weighted by molar-refractivity contribution is 6.15. The maximum absolute atomic E-state index is 6.52. The first-order chi connectivity index (χ1) is 23.3. The van der Waals surface area contributed by atoms with Gasteiger partial charge in [-0.25, -0.2) is 15.0 Å². The maximum atomic E-state index is 6.52. The minimum absolute atomic E-state index is 0.609. The summed E-state index contributed by atoms with van der Waals surface area (Å²) in [5, 5.41) is 4.20. The molecular weight excluding hydrogens is 578 g/mol. The Morgan fingerprint density at radius 1 is 0.468 bits per heavy atom. The molecule has 0 saturated heterocycles. The van der Waals surface area contributed by atoms with E-state index in [0.717, 1.165) is 66.3 Å². The largest absolute Gasteiger partial charge is 0.454 e. The molecule has 0 unspecified atom stereocenters. The van der Waals surface area contributed by atoms with E-state index in [1.807, 2.05) is 116 Å². The zero-order valence-corrected chi connectivity index (χ0v) is 25.1. The van der Waals surface area contributed by atoms with Gasteiger partial charge in [0.25, 0.3) is 0 Å². The minimum Gasteiger partial charge on any atom is -0.454 e. The number of hydrogen-bond donors (Lipinski definition) is 0. The minimum atomic E-state index is 0.609. The van der Waals surface area contributed by atoms with Crippen LogP contribution >= 0.6 is 0 Å². The number of furan rings is 1. The molecule has 0 spiro atoms. The van der Waals surface area contributed by atoms with Gasteiger partial charge in [0.05, 0.1) is 5.69 Å². The van der Waals surface area contributed by atoms with Crippen LogP contribution in [0.15, 0.2) is 156 Å². The molecular formula is C41H25N5O. The predicted molar refractivity (Wildman–Crippen MR) is 187 cm³/mol. The fourth-order valence-corrected chi connectivity index (χ4v) is 6.15. The summed E-state index contributed by atoms with van der Waals surface area (Å²) < 4.78 is 6.52. The van der Waals surface area contributed by atoms with Crippen molar-refractivity contribution in [2.24, 2.45) is 0 Å². The van der Waals surface area contributed by atoms with Crippen molar-refractivity contribution < 1.29 is 4.42 Å². The van der Waals surface area contributed by atoms with E-state index in [2.05, 4.69) is 36.4 Å². The average molecular weight is 604 g/mol. The lowest BCUT2D eigenvalue weighted by molar-refractivity contribution is 0.668. The molecule has 4 aromatic heterocycles. The van der Waals surface area contributed by atoms with Gasteiger partial charge >= 0.3 is 0 Å². The first-order valence-corrected chi connectivity index (χ1v) is 15.4. The Balaban J connectivity index is 1.19. The molecule has 5 aromatic carbocycles. The van der Waals surface area contributed by atoms with E-state index < -0.39 is 0 Å². The molecule has 0 bridgehead atoms. The fraction of sp³-hybridized carbons (Fsp3) is 0. The second-order valence-electron chi connectivity index (χ2n) is 11.4. The van der Waals surface area contributed by atoms with Crippen LogP contribution in [-0.2, 0) is 0 Å². The molecule has 0 aliphatic heterocycles. The zero-order valence-electron chi connectivity index (χ0n) is 25.1. The fourth-order valence-electron chi connectivity index (χ4n) is 6.15. The number of fused-ring (bicyclic) bond motifs is 4. The summed E-state index contributed by atoms with van der Waals surface area (Å²) >= 11 is 0. The van der Waals surface area contributed by atoms with Crippen LogP contribution in [0.2, 0.25) is 0 Å². The van der Waals surface area contributed by atoms with E-state index >= 15 is 0 Å². The molecule has 47 heavy (non-hydrogen) atoms. The van der Waals surface area contributed by atoms with Gasteiger partial charge in [0.1, 0.15) is 11.3 Å². The molecule has 6 heteroatoms. The van der Waals surface area contributed by atoms with Crippen molar-refractivity contribution in [2.45, 2.75) is 0 Å². The molecule has 0 fully saturated rings. The van der Waals surface area contributed by atoms with Gasteiger partial charge in [0.2, 0.25) is 0 Å². The maximum Gasteiger partial charge on any atom is 0.164 e. The molecule has 0 N–H and O–H groups in total. The van der Waals surface area contributed by atoms with Crippen molar-refractivity contribution in [1.29, 1.82) is 0 Å². The summed E-state index contributed by atoms with van der Waals surface area (Å²) in [6.07, 6.45) is 3.72. The van der Waals surface area contributed by atoms with Crippen molar-refractivity contribution in [2.75, 3.05) is 0 Å². The molecule has 4 heterocycles. The zero-order chi connectivity index (χ0) is 31.2. The molecule has 220 valence electrons. The molecule has 0 amide bonds. The van der Waals surface area contributed by atoms with Crippen molar-refractivity contribution >= 4 is 32.7 Å². The SMILES string of the molecule is c1ccc(-c2nc(-c3ccccc3)nc(-c3cccc(-c4cccc5oc6c(-c7cc8ccccc8cn7)nccc6c45)c3)n2)cc1. The summed E-state index contributed by atoms with van der Waals surface area (Å²) in [7, 11) is 0. The number of benzene rings is 5. The highest BCUT2D eigenvalue weighted by Crippen LogP contribution is 2.40. The Morgan fingerprint density at radius 3 is 1.83 bits per heavy atom. The van der Waals surface area contributed by atoms with Crippen molar-refractivity contribution in [3.63, 3.8) is 0 Å². The summed E-state index contributed by atoms with van der Waals surface area (Å²) in [6, 6.07) is 46.8. The molecule has 0 atom stereocenters. The quantitative estimate of drug-likeness (QED) is 0.195. The van der Waals surface area contributed by atoms with Crippen molar-refractivity contribution in [1.82, 2.24) is 24.9 Å². The van der Waals surface area contributed by atoms with Crippen LogP contribution < -0.4 is 0 Å². The lowest BCUT2D eigenvalue weighted by Gasteiger charge is -2.10. The van der Waals surface area contributed by atoms with Crippen LogP contribution in [0.4, 0.5) is 0 Å². The van der Waals surface area contributed by atoms with Gasteiger partial charge < -0.3 is 4.42 Å². The predicted octanol–water partition coefficient (Wildman–Crippen LogP) is 10.0. The van der Waals surface area contributed by atoms with E-state index in [1.54, 1.807) is 0 Å². The van der Waals surface area contributed by atoms with E-state index in [0.29, 0.717) is 23.1 Å². The second kappa shape index (κ2) is 11.1. The highest BCUT2D eigenvalue weighted by Gasteiger charge is 2.19. The standard InChI is InChI=1S/C41H25N5O/c1-3-11-26(12-4-1)39-44-40(27-13-5-2-6-14-27)46-41(45-39)30-18-9-17-29(23-30)32-19-10-20-35-36(32)33-21-22-42-37(38(33)47-35)34-24-28-15-7-8-16-31(28)25-43-34/h1-25H. The normalized spacial score (nSPS) is 11.4. The molecule has 0 saturated carbocycles. The van der Waals surface area contributed by atoms with Gasteiger partial charge in [0, 0.05) is 45.2 Å². The Hall–Kier alpha value is -6.53. The Bertz CT molecular complexity index is 2520. The number of pyridine rings is 2. The van der Waals surface area contributed by atoms with Crippen LogP contribution in [-0.4, -0.2) is 24.9 Å². The Morgan fingerprint density at radius 2 is 1.09 bits per heavy atom. The average Bonchev–Trinajstić information content (AvgIpc) is 3.54. The number of hydrogen-bond acceptors (Lipinski definition) is 6. The third-order valence-corrected chi connectivity index (χ3v) is 8.42. The third-order valence-electron chi connectivity index (χ3n) is 8.42. The molecule has 0 aliphatic carbocycles. The molecule has 6 nitrogen and oxygen atoms in total. The number of aromatic nitrogens is 5. The molecule has 9 rings (SSSR count). The van der Waals surface area contributed by atoms with Crippen molar-refractivity contribution in [3.05, 3.63) is 152 Å². The van der Waals surface area contributed by atoms with Crippen LogP contribution in [0.5, 0.6) is 0 Å². The number of rotatable bonds is 5. The van der Waals surface area contributed by atoms with Gasteiger partial charge in [-0.1, -0.05) is 115 Å². The van der Waals surface area contributed by atoms with E-state index in [1.165, 1.54) is 0 Å². The molecule has 0 radical (unpaired) electrons. The second-order valence-corrected chi connectivity index (χ2v) is 11.4. The third kappa shape index (κ3) is 4.80. The van der Waals surface area contributed by atoms with Gasteiger partial charge in [-0.15, -0.1) is 0 Å². The van der Waals surface area contributed by atoms with Crippen molar-refractivity contribution in [3.8, 4) is 56.7 Å². The summed E-state index contributed by atoms with van der Waals surface area (Å²) in [5.41, 5.74) is 7.84. The Labute approximate surface area is 270 Å². The van der Waals surface area contributed by atoms with E-state index in [9.17, 15) is 0 Å². The highest BCUT2D eigenvalue weighted by atomic mass is 16.3. The smallest absolute Gasteiger partial charge is 0.164 e. The monoisotopic (exact) mass is 603 g/mol. The van der Waals surface area contributed by atoms with Gasteiger partial charge in [0.15, 0.2) is 23.1 Å². The van der Waals surface area contributed by atoms with Crippen LogP contribution in [0.3, 0.4) is 0 Å². The van der Waals surface area contributed by atoms with Gasteiger partial charge in [-0.05, 0) is 40.8 Å². The lowest BCUT2D eigenvalue weighted by atomic mass is 9.97. The van der Waals surface area contributed by atoms with E-state index in [4.69, 9.17) is 29.3 Å². The lowest BCUT2D eigenvalue weighted by Crippen LogP contribution is -2.00. The summed E-state index contributed by atoms with van der Waals surface area (Å²) in [4.78, 5) is 24.2. The van der Waals surface area contributed by atoms with E-state index in [-0.39, 0.29) is 0 Å². The topological polar surface area (TPSA) is 77.6 Å². The first kappa shape index (κ1) is 26.8. The van der Waals surface area contributed by atoms with Crippen LogP contribution in [0.1, 0.15) is 0 Å². The number of nitrogens with zero attached hydrogens (tertiary/aromatic N) is 5. The first-order valence-electron chi connectivity index (χ1n) is 15.4. The van der Waals surface area contributed by atoms with Crippen LogP contribution in [0.25, 0.3) is 89.4 Å². The Kier molecular flexibility index (Phi) is 6.35. The summed E-state index contributed by atoms with van der Waals surface area (Å²) in [5.74, 6) is 1.87. The van der Waals surface area contributed by atoms with Gasteiger partial charge in [-0.3, -0.25) is 9.97 Å². The molecule has 0 aliphatic rings. The summed E-state index contributed by atoms with van der Waals surface area (Å²) in [6.45, 7) is 0. The van der Waals surface area contributed by atoms with Gasteiger partial charge in [-0.2, -0.15) is 0 Å². The van der Waals surface area contributed by atoms with Crippen LogP contribution in [0, 0.1) is 0 Å².